The average molecular weight is 198 g/mol. The summed E-state index contributed by atoms with van der Waals surface area (Å²) < 4.78 is 5.42. The number of fused-ring (bicyclic) bond motifs is 1. The summed E-state index contributed by atoms with van der Waals surface area (Å²) in [5, 5.41) is 10.3. The number of pyridine rings is 1. The molecule has 0 atom stereocenters. The molecule has 1 saturated carbocycles. The van der Waals surface area contributed by atoms with Crippen molar-refractivity contribution in [3.63, 3.8) is 0 Å². The Morgan fingerprint density at radius 1 is 1.47 bits per heavy atom. The summed E-state index contributed by atoms with van der Waals surface area (Å²) in [7, 11) is 0. The van der Waals surface area contributed by atoms with Gasteiger partial charge in [0.05, 0.1) is 23.9 Å². The van der Waals surface area contributed by atoms with E-state index in [1.165, 1.54) is 0 Å². The molecule has 0 bridgehead atoms. The minimum Gasteiger partial charge on any atom is -0.462 e. The second kappa shape index (κ2) is 2.83. The molecule has 15 heavy (non-hydrogen) atoms. The number of hydrogen-bond donors (Lipinski definition) is 0. The van der Waals surface area contributed by atoms with Crippen LogP contribution in [0.15, 0.2) is 29.1 Å². The Morgan fingerprint density at radius 2 is 2.33 bits per heavy atom. The number of aromatic nitrogens is 1. The Balaban J connectivity index is 2.24. The zero-order valence-electron chi connectivity index (χ0n) is 8.23. The summed E-state index contributed by atoms with van der Waals surface area (Å²) >= 11 is 0. The molecule has 3 heteroatoms. The van der Waals surface area contributed by atoms with E-state index in [1.807, 2.05) is 6.07 Å². The maximum Gasteiger partial charge on any atom is 0.152 e. The molecule has 0 amide bonds. The van der Waals surface area contributed by atoms with Crippen molar-refractivity contribution in [2.75, 3.05) is 0 Å². The van der Waals surface area contributed by atoms with Crippen LogP contribution in [0.4, 0.5) is 0 Å². The highest BCUT2D eigenvalue weighted by atomic mass is 16.3. The lowest BCUT2D eigenvalue weighted by Gasteiger charge is -2.34. The van der Waals surface area contributed by atoms with Crippen molar-refractivity contribution in [2.45, 2.75) is 24.7 Å². The van der Waals surface area contributed by atoms with Crippen LogP contribution >= 0.6 is 0 Å². The number of rotatable bonds is 1. The number of hydrogen-bond acceptors (Lipinski definition) is 3. The molecule has 74 valence electrons. The topological polar surface area (TPSA) is 49.8 Å². The first-order chi connectivity index (χ1) is 7.36. The van der Waals surface area contributed by atoms with Crippen molar-refractivity contribution in [3.8, 4) is 6.07 Å². The Hall–Kier alpha value is -1.82. The fourth-order valence-electron chi connectivity index (χ4n) is 2.22. The van der Waals surface area contributed by atoms with E-state index in [4.69, 9.17) is 4.42 Å². The smallest absolute Gasteiger partial charge is 0.152 e. The predicted octanol–water partition coefficient (Wildman–Crippen LogP) is 2.77. The SMILES string of the molecule is N#CC1(c2coc3cnccc23)CCC1. The summed E-state index contributed by atoms with van der Waals surface area (Å²) in [6.45, 7) is 0. The summed E-state index contributed by atoms with van der Waals surface area (Å²) in [5.74, 6) is 0. The molecule has 0 saturated heterocycles. The van der Waals surface area contributed by atoms with Gasteiger partial charge in [-0.05, 0) is 25.3 Å². The van der Waals surface area contributed by atoms with Gasteiger partial charge < -0.3 is 4.42 Å². The summed E-state index contributed by atoms with van der Waals surface area (Å²) in [6, 6.07) is 4.35. The minimum absolute atomic E-state index is 0.299. The van der Waals surface area contributed by atoms with E-state index >= 15 is 0 Å². The van der Waals surface area contributed by atoms with Crippen LogP contribution in [0.2, 0.25) is 0 Å². The summed E-state index contributed by atoms with van der Waals surface area (Å²) in [6.07, 6.45) is 8.18. The molecule has 0 spiro atoms. The van der Waals surface area contributed by atoms with Crippen molar-refractivity contribution in [1.82, 2.24) is 4.98 Å². The molecule has 3 nitrogen and oxygen atoms in total. The molecule has 0 unspecified atom stereocenters. The second-order valence-corrected chi connectivity index (χ2v) is 4.07. The van der Waals surface area contributed by atoms with E-state index in [9.17, 15) is 5.26 Å². The molecule has 2 aromatic rings. The fourth-order valence-corrected chi connectivity index (χ4v) is 2.22. The summed E-state index contributed by atoms with van der Waals surface area (Å²) in [4.78, 5) is 4.00. The van der Waals surface area contributed by atoms with Crippen molar-refractivity contribution in [3.05, 3.63) is 30.3 Å². The summed E-state index contributed by atoms with van der Waals surface area (Å²) in [5.41, 5.74) is 1.51. The first-order valence-corrected chi connectivity index (χ1v) is 5.09. The zero-order chi connectivity index (χ0) is 10.3. The second-order valence-electron chi connectivity index (χ2n) is 4.07. The van der Waals surface area contributed by atoms with Crippen LogP contribution in [0.5, 0.6) is 0 Å². The maximum absolute atomic E-state index is 9.26. The molecule has 1 aliphatic carbocycles. The molecule has 1 aliphatic rings. The molecule has 0 N–H and O–H groups in total. The highest BCUT2D eigenvalue weighted by Crippen LogP contribution is 2.46. The van der Waals surface area contributed by atoms with Gasteiger partial charge in [0, 0.05) is 17.1 Å². The zero-order valence-corrected chi connectivity index (χ0v) is 8.23. The predicted molar refractivity (Wildman–Crippen MR) is 55.2 cm³/mol. The van der Waals surface area contributed by atoms with Crippen LogP contribution in [-0.2, 0) is 5.41 Å². The highest BCUT2D eigenvalue weighted by Gasteiger charge is 2.41. The molecule has 0 radical (unpaired) electrons. The van der Waals surface area contributed by atoms with E-state index in [0.717, 1.165) is 35.8 Å². The number of nitriles is 1. The van der Waals surface area contributed by atoms with Gasteiger partial charge in [0.15, 0.2) is 5.58 Å². The van der Waals surface area contributed by atoms with Crippen molar-refractivity contribution in [1.29, 1.82) is 5.26 Å². The highest BCUT2D eigenvalue weighted by molar-refractivity contribution is 5.82. The molecular formula is C12H10N2O. The molecule has 0 aliphatic heterocycles. The maximum atomic E-state index is 9.26. The normalized spacial score (nSPS) is 18.3. The van der Waals surface area contributed by atoms with Crippen LogP contribution in [0, 0.1) is 11.3 Å². The third-order valence-electron chi connectivity index (χ3n) is 3.32. The van der Waals surface area contributed by atoms with Gasteiger partial charge in [-0.2, -0.15) is 5.26 Å². The van der Waals surface area contributed by atoms with E-state index in [0.29, 0.717) is 0 Å². The number of nitrogens with zero attached hydrogens (tertiary/aromatic N) is 2. The minimum atomic E-state index is -0.299. The van der Waals surface area contributed by atoms with Gasteiger partial charge in [0.2, 0.25) is 0 Å². The van der Waals surface area contributed by atoms with Crippen molar-refractivity contribution < 1.29 is 4.42 Å². The molecule has 2 aromatic heterocycles. The Morgan fingerprint density at radius 3 is 3.00 bits per heavy atom. The molecule has 1 fully saturated rings. The Bertz CT molecular complexity index is 546. The van der Waals surface area contributed by atoms with E-state index in [-0.39, 0.29) is 5.41 Å². The van der Waals surface area contributed by atoms with Crippen LogP contribution < -0.4 is 0 Å². The molecule has 0 aromatic carbocycles. The van der Waals surface area contributed by atoms with Gasteiger partial charge in [-0.15, -0.1) is 0 Å². The quantitative estimate of drug-likeness (QED) is 0.707. The van der Waals surface area contributed by atoms with Crippen LogP contribution in [0.1, 0.15) is 24.8 Å². The molecule has 2 heterocycles. The van der Waals surface area contributed by atoms with Gasteiger partial charge in [0.25, 0.3) is 0 Å². The average Bonchev–Trinajstić information content (AvgIpc) is 2.62. The Kier molecular flexibility index (Phi) is 1.60. The lowest BCUT2D eigenvalue weighted by atomic mass is 9.65. The van der Waals surface area contributed by atoms with Gasteiger partial charge in [0.1, 0.15) is 0 Å². The fraction of sp³-hybridized carbons (Fsp3) is 0.333. The van der Waals surface area contributed by atoms with Crippen molar-refractivity contribution in [2.24, 2.45) is 0 Å². The molecule has 3 rings (SSSR count). The third kappa shape index (κ3) is 1.02. The van der Waals surface area contributed by atoms with Crippen molar-refractivity contribution >= 4 is 11.0 Å². The van der Waals surface area contributed by atoms with Crippen LogP contribution in [0.25, 0.3) is 11.0 Å². The van der Waals surface area contributed by atoms with E-state index < -0.39 is 0 Å². The van der Waals surface area contributed by atoms with E-state index in [2.05, 4.69) is 11.1 Å². The van der Waals surface area contributed by atoms with Gasteiger partial charge in [-0.1, -0.05) is 0 Å². The largest absolute Gasteiger partial charge is 0.462 e. The third-order valence-corrected chi connectivity index (χ3v) is 3.32. The Labute approximate surface area is 87.3 Å². The molecular weight excluding hydrogens is 188 g/mol. The van der Waals surface area contributed by atoms with Gasteiger partial charge in [-0.25, -0.2) is 0 Å². The van der Waals surface area contributed by atoms with Gasteiger partial charge in [-0.3, -0.25) is 4.98 Å². The van der Waals surface area contributed by atoms with E-state index in [1.54, 1.807) is 18.7 Å². The first kappa shape index (κ1) is 8.49. The van der Waals surface area contributed by atoms with Crippen LogP contribution in [-0.4, -0.2) is 4.98 Å². The first-order valence-electron chi connectivity index (χ1n) is 5.09. The lowest BCUT2D eigenvalue weighted by molar-refractivity contribution is 0.323. The number of furan rings is 1. The van der Waals surface area contributed by atoms with Crippen LogP contribution in [0.3, 0.4) is 0 Å². The standard InChI is InChI=1S/C12H10N2O/c13-8-12(3-1-4-12)10-7-15-11-6-14-5-2-9(10)11/h2,5-7H,1,3-4H2. The lowest BCUT2D eigenvalue weighted by Crippen LogP contribution is -2.31. The monoisotopic (exact) mass is 198 g/mol. The van der Waals surface area contributed by atoms with Gasteiger partial charge >= 0.3 is 0 Å².